The Morgan fingerprint density at radius 1 is 0.708 bits per heavy atom. The van der Waals surface area contributed by atoms with Crippen molar-refractivity contribution in [3.8, 4) is 11.1 Å². The van der Waals surface area contributed by atoms with E-state index in [-0.39, 0.29) is 30.7 Å². The Bertz CT molecular complexity index is 622. The summed E-state index contributed by atoms with van der Waals surface area (Å²) >= 11 is 6.51. The molecule has 0 nitrogen and oxygen atoms in total. The van der Waals surface area contributed by atoms with E-state index in [2.05, 4.69) is 96.1 Å². The van der Waals surface area contributed by atoms with E-state index in [1.165, 1.54) is 16.4 Å². The number of hydrogen-bond acceptors (Lipinski definition) is 0. The second-order valence-electron chi connectivity index (χ2n) is 8.07. The van der Waals surface area contributed by atoms with Gasteiger partial charge >= 0.3 is 0 Å². The molecule has 0 atom stereocenters. The molecule has 134 valence electrons. The Balaban J connectivity index is 0.00000288. The molecule has 24 heavy (non-hydrogen) atoms. The Labute approximate surface area is 167 Å². The van der Waals surface area contributed by atoms with E-state index in [9.17, 15) is 0 Å². The van der Waals surface area contributed by atoms with Gasteiger partial charge in [0, 0.05) is 20.4 Å². The number of benzene rings is 2. The van der Waals surface area contributed by atoms with Gasteiger partial charge in [-0.15, -0.1) is 0 Å². The molecule has 0 unspecified atom stereocenters. The molecule has 0 saturated carbocycles. The summed E-state index contributed by atoms with van der Waals surface area (Å²) in [6.07, 6.45) is 0. The molecule has 2 aromatic rings. The van der Waals surface area contributed by atoms with Crippen LogP contribution in [0.15, 0.2) is 54.6 Å². The van der Waals surface area contributed by atoms with Crippen LogP contribution in [0.25, 0.3) is 11.1 Å². The van der Waals surface area contributed by atoms with E-state index in [1.54, 1.807) is 0 Å². The predicted octanol–water partition coefficient (Wildman–Crippen LogP) is 6.95. The minimum Gasteiger partial charge on any atom is -0.304 e. The predicted molar refractivity (Wildman–Crippen MR) is 108 cm³/mol. The zero-order valence-electron chi connectivity index (χ0n) is 15.4. The van der Waals surface area contributed by atoms with Gasteiger partial charge in [0.05, 0.1) is 15.6 Å². The smallest absolute Gasteiger partial charge is 0.0670 e. The fraction of sp³-hybridized carbons (Fsp3) is 0.381. The van der Waals surface area contributed by atoms with Gasteiger partial charge in [-0.1, -0.05) is 55.3 Å². The Morgan fingerprint density at radius 3 is 1.50 bits per heavy atom. The van der Waals surface area contributed by atoms with E-state index >= 15 is 0 Å². The molecular weight excluding hydrogens is 425 g/mol. The zero-order valence-corrected chi connectivity index (χ0v) is 18.6. The fourth-order valence-corrected chi connectivity index (χ4v) is 10.6. The standard InChI is InChI=1S/C21H28ClP.Pd/c1-20(2,3)23(16-22,21(4,5)6)19-14-12-18(13-15-19)17-10-8-7-9-11-17;/h7-16H,1-6H3;. The van der Waals surface area contributed by atoms with E-state index in [1.807, 2.05) is 5.62 Å². The molecule has 0 bridgehead atoms. The van der Waals surface area contributed by atoms with Crippen molar-refractivity contribution in [1.82, 2.24) is 0 Å². The molecule has 2 rings (SSSR count). The second kappa shape index (κ2) is 8.02. The third-order valence-corrected chi connectivity index (χ3v) is 11.2. The summed E-state index contributed by atoms with van der Waals surface area (Å²) in [7, 11) is -1.67. The maximum absolute atomic E-state index is 6.51. The van der Waals surface area contributed by atoms with Crippen molar-refractivity contribution in [1.29, 1.82) is 0 Å². The molecule has 0 heterocycles. The quantitative estimate of drug-likeness (QED) is 0.268. The van der Waals surface area contributed by atoms with Gasteiger partial charge in [0.2, 0.25) is 0 Å². The summed E-state index contributed by atoms with van der Waals surface area (Å²) in [4.78, 5) is 0. The molecule has 0 fully saturated rings. The molecule has 0 aliphatic carbocycles. The minimum absolute atomic E-state index is 0. The third-order valence-electron chi connectivity index (χ3n) is 4.64. The molecule has 3 heteroatoms. The second-order valence-corrected chi connectivity index (χ2v) is 13.5. The summed E-state index contributed by atoms with van der Waals surface area (Å²) in [5, 5.41) is 1.63. The maximum Gasteiger partial charge on any atom is 0.0670 e. The van der Waals surface area contributed by atoms with Crippen molar-refractivity contribution in [2.75, 3.05) is 0 Å². The van der Waals surface area contributed by atoms with Gasteiger partial charge < -0.3 is 11.6 Å². The van der Waals surface area contributed by atoms with Crippen LogP contribution >= 0.6 is 18.9 Å². The molecule has 0 N–H and O–H groups in total. The largest absolute Gasteiger partial charge is 0.304 e. The molecule has 0 saturated heterocycles. The van der Waals surface area contributed by atoms with Gasteiger partial charge in [0.25, 0.3) is 0 Å². The summed E-state index contributed by atoms with van der Waals surface area (Å²) in [6.45, 7) is 13.9. The van der Waals surface area contributed by atoms with Crippen LogP contribution in [0.2, 0.25) is 0 Å². The Kier molecular flexibility index (Phi) is 7.30. The van der Waals surface area contributed by atoms with Crippen LogP contribution in [0.1, 0.15) is 41.5 Å². The summed E-state index contributed by atoms with van der Waals surface area (Å²) in [5.74, 6) is 0. The zero-order chi connectivity index (χ0) is 17.3. The van der Waals surface area contributed by atoms with E-state index in [0.717, 1.165) is 0 Å². The molecule has 2 aromatic carbocycles. The van der Waals surface area contributed by atoms with Crippen LogP contribution in [-0.4, -0.2) is 10.3 Å². The SMILES string of the molecule is CC(C)(C)[P+]([CH-]Cl)(c1ccc(-c2ccccc2)cc1)C(C)(C)C.[Pd]. The molecule has 0 aliphatic rings. The molecule has 0 amide bonds. The van der Waals surface area contributed by atoms with Gasteiger partial charge in [0.1, 0.15) is 0 Å². The fourth-order valence-electron chi connectivity index (χ4n) is 3.65. The first-order valence-electron chi connectivity index (χ1n) is 8.13. The summed E-state index contributed by atoms with van der Waals surface area (Å²) < 4.78 is 0. The number of rotatable bonds is 3. The van der Waals surface area contributed by atoms with Gasteiger partial charge in [-0.25, -0.2) is 0 Å². The Hall–Kier alpha value is -0.178. The topological polar surface area (TPSA) is 0 Å². The van der Waals surface area contributed by atoms with Crippen molar-refractivity contribution in [3.63, 3.8) is 0 Å². The molecule has 0 spiro atoms. The number of halogens is 1. The van der Waals surface area contributed by atoms with Crippen LogP contribution in [0, 0.1) is 5.62 Å². The summed E-state index contributed by atoms with van der Waals surface area (Å²) in [5.41, 5.74) is 4.50. The number of hydrogen-bond donors (Lipinski definition) is 0. The van der Waals surface area contributed by atoms with Crippen LogP contribution < -0.4 is 5.30 Å². The van der Waals surface area contributed by atoms with Crippen molar-refractivity contribution in [2.24, 2.45) is 0 Å². The monoisotopic (exact) mass is 452 g/mol. The van der Waals surface area contributed by atoms with Gasteiger partial charge in [-0.05, 0) is 64.8 Å². The maximum atomic E-state index is 6.51. The van der Waals surface area contributed by atoms with Crippen molar-refractivity contribution in [2.45, 2.75) is 51.9 Å². The molecule has 0 aromatic heterocycles. The van der Waals surface area contributed by atoms with Gasteiger partial charge in [-0.2, -0.15) is 0 Å². The normalized spacial score (nSPS) is 12.6. The first kappa shape index (κ1) is 21.9. The van der Waals surface area contributed by atoms with Crippen molar-refractivity contribution in [3.05, 3.63) is 60.2 Å². The van der Waals surface area contributed by atoms with Crippen LogP contribution in [0.3, 0.4) is 0 Å². The van der Waals surface area contributed by atoms with Crippen LogP contribution in [0.4, 0.5) is 0 Å². The molecular formula is C21H28ClPPd. The summed E-state index contributed by atoms with van der Waals surface area (Å²) in [6, 6.07) is 19.5. The van der Waals surface area contributed by atoms with Crippen molar-refractivity contribution >= 4 is 24.2 Å². The van der Waals surface area contributed by atoms with E-state index in [0.29, 0.717) is 0 Å². The Morgan fingerprint density at radius 2 is 1.12 bits per heavy atom. The van der Waals surface area contributed by atoms with Gasteiger partial charge in [0.15, 0.2) is 0 Å². The average Bonchev–Trinajstić information content (AvgIpc) is 2.47. The van der Waals surface area contributed by atoms with Gasteiger partial charge in [-0.3, -0.25) is 0 Å². The third kappa shape index (κ3) is 3.97. The average molecular weight is 453 g/mol. The van der Waals surface area contributed by atoms with E-state index < -0.39 is 7.26 Å². The van der Waals surface area contributed by atoms with Crippen LogP contribution in [-0.2, 0) is 20.4 Å². The van der Waals surface area contributed by atoms with Crippen LogP contribution in [0.5, 0.6) is 0 Å². The molecule has 0 aliphatic heterocycles. The first-order chi connectivity index (χ1) is 10.6. The first-order valence-corrected chi connectivity index (χ1v) is 10.4. The van der Waals surface area contributed by atoms with E-state index in [4.69, 9.17) is 11.6 Å². The minimum atomic E-state index is -1.67. The van der Waals surface area contributed by atoms with Crippen molar-refractivity contribution < 1.29 is 20.4 Å². The molecule has 0 radical (unpaired) electrons.